The van der Waals surface area contributed by atoms with E-state index in [9.17, 15) is 25.3 Å². The van der Waals surface area contributed by atoms with E-state index in [-0.39, 0.29) is 18.7 Å². The van der Waals surface area contributed by atoms with Crippen molar-refractivity contribution in [2.45, 2.75) is 51.9 Å². The summed E-state index contributed by atoms with van der Waals surface area (Å²) in [6, 6.07) is 12.7. The molecule has 0 aliphatic carbocycles. The first-order valence-electron chi connectivity index (χ1n) is 12.9. The molecule has 1 N–H and O–H groups in total. The average Bonchev–Trinajstić information content (AvgIpc) is 3.12. The number of anilines is 1. The van der Waals surface area contributed by atoms with E-state index in [1.165, 1.54) is 6.07 Å². The molecule has 0 fully saturated rings. The Labute approximate surface area is 235 Å². The Morgan fingerprint density at radius 1 is 1.25 bits per heavy atom. The lowest BCUT2D eigenvalue weighted by atomic mass is 9.76. The Bertz CT molecular complexity index is 1490. The lowest BCUT2D eigenvalue weighted by Gasteiger charge is -2.28. The number of allylic oxidation sites excluding steroid dienone is 7. The summed E-state index contributed by atoms with van der Waals surface area (Å²) >= 11 is 0. The quantitative estimate of drug-likeness (QED) is 0.150. The zero-order valence-electron chi connectivity index (χ0n) is 23.8. The van der Waals surface area contributed by atoms with Crippen molar-refractivity contribution in [3.05, 3.63) is 111 Å². The molecule has 0 bridgehead atoms. The number of nitro groups is 1. The summed E-state index contributed by atoms with van der Waals surface area (Å²) < 4.78 is 5.42. The van der Waals surface area contributed by atoms with Crippen LogP contribution < -0.4 is 9.64 Å². The average molecular weight is 542 g/mol. The molecule has 0 radical (unpaired) electrons. The van der Waals surface area contributed by atoms with E-state index in [1.54, 1.807) is 37.5 Å². The maximum atomic E-state index is 11.4. The van der Waals surface area contributed by atoms with Gasteiger partial charge in [0.05, 0.1) is 30.1 Å². The van der Waals surface area contributed by atoms with Gasteiger partial charge in [-0.3, -0.25) is 14.9 Å². The highest BCUT2D eigenvalue weighted by molar-refractivity contribution is 5.74. The van der Waals surface area contributed by atoms with E-state index >= 15 is 0 Å². The predicted octanol–water partition coefficient (Wildman–Crippen LogP) is 6.91. The second kappa shape index (κ2) is 11.6. The third kappa shape index (κ3) is 5.99. The summed E-state index contributed by atoms with van der Waals surface area (Å²) in [5, 5.41) is 30.5. The van der Waals surface area contributed by atoms with Crippen LogP contribution in [0.25, 0.3) is 0 Å². The molecule has 208 valence electrons. The van der Waals surface area contributed by atoms with E-state index in [2.05, 4.69) is 26.5 Å². The van der Waals surface area contributed by atoms with Crippen molar-refractivity contribution in [3.8, 4) is 11.8 Å². The second-order valence-electron chi connectivity index (χ2n) is 10.8. The number of ether oxygens (including phenoxy) is 1. The molecule has 0 unspecified atom stereocenters. The van der Waals surface area contributed by atoms with Crippen LogP contribution in [0.1, 0.15) is 50.8 Å². The number of carboxylic acids is 1. The van der Waals surface area contributed by atoms with Crippen molar-refractivity contribution < 1.29 is 19.6 Å². The highest BCUT2D eigenvalue weighted by atomic mass is 16.6. The lowest BCUT2D eigenvalue weighted by molar-refractivity contribution is -0.385. The molecular weight excluding hydrogens is 506 g/mol. The van der Waals surface area contributed by atoms with Crippen molar-refractivity contribution >= 4 is 17.3 Å². The number of hydrogen-bond acceptors (Lipinski definition) is 6. The molecule has 1 aliphatic heterocycles. The maximum Gasteiger partial charge on any atom is 0.305 e. The van der Waals surface area contributed by atoms with Crippen molar-refractivity contribution in [3.63, 3.8) is 0 Å². The minimum atomic E-state index is -0.893. The van der Waals surface area contributed by atoms with Crippen LogP contribution in [0.2, 0.25) is 0 Å². The van der Waals surface area contributed by atoms with Gasteiger partial charge in [0.15, 0.2) is 0 Å². The highest BCUT2D eigenvalue weighted by Gasteiger charge is 2.40. The monoisotopic (exact) mass is 541 g/mol. The Morgan fingerprint density at radius 3 is 2.55 bits per heavy atom. The van der Waals surface area contributed by atoms with Gasteiger partial charge in [0.25, 0.3) is 5.69 Å². The summed E-state index contributed by atoms with van der Waals surface area (Å²) in [4.78, 5) is 24.3. The number of nitriles is 1. The number of aryl methyl sites for hydroxylation is 1. The SMILES string of the molecule is C=C(/C=C/C(C#N)=C/C=C1/N(CCC(=O)O)c2ccc(OC)cc2C1(C)C)C(C)(C)c1cc([N+](=O)[O-])ccc1C. The third-order valence-corrected chi connectivity index (χ3v) is 7.57. The number of nitro benzene ring substituents is 1. The molecule has 1 aliphatic rings. The molecule has 0 saturated carbocycles. The van der Waals surface area contributed by atoms with Gasteiger partial charge in [-0.1, -0.05) is 46.4 Å². The topological polar surface area (TPSA) is 117 Å². The number of aliphatic carboxylic acids is 1. The van der Waals surface area contributed by atoms with E-state index in [0.29, 0.717) is 16.9 Å². The normalized spacial score (nSPS) is 15.7. The molecule has 2 aromatic carbocycles. The molecule has 0 spiro atoms. The van der Waals surface area contributed by atoms with Gasteiger partial charge in [0.2, 0.25) is 0 Å². The van der Waals surface area contributed by atoms with Gasteiger partial charge in [-0.15, -0.1) is 0 Å². The minimum Gasteiger partial charge on any atom is -0.497 e. The fourth-order valence-corrected chi connectivity index (χ4v) is 5.00. The number of benzene rings is 2. The van der Waals surface area contributed by atoms with Crippen LogP contribution in [0.4, 0.5) is 11.4 Å². The van der Waals surface area contributed by atoms with E-state index in [1.807, 2.05) is 49.9 Å². The Balaban J connectivity index is 1.96. The van der Waals surface area contributed by atoms with Crippen molar-refractivity contribution in [2.75, 3.05) is 18.6 Å². The second-order valence-corrected chi connectivity index (χ2v) is 10.8. The van der Waals surface area contributed by atoms with E-state index in [4.69, 9.17) is 4.74 Å². The van der Waals surface area contributed by atoms with Crippen LogP contribution in [0.15, 0.2) is 84.1 Å². The fourth-order valence-electron chi connectivity index (χ4n) is 5.00. The molecule has 0 aromatic heterocycles. The molecular formula is C32H35N3O5. The van der Waals surface area contributed by atoms with Gasteiger partial charge >= 0.3 is 5.97 Å². The summed E-state index contributed by atoms with van der Waals surface area (Å²) in [5.74, 6) is -0.182. The first-order valence-corrected chi connectivity index (χ1v) is 12.9. The van der Waals surface area contributed by atoms with Gasteiger partial charge in [0.1, 0.15) is 5.75 Å². The van der Waals surface area contributed by atoms with Gasteiger partial charge in [-0.05, 0) is 65.6 Å². The number of rotatable bonds is 10. The van der Waals surface area contributed by atoms with Gasteiger partial charge < -0.3 is 14.7 Å². The van der Waals surface area contributed by atoms with Crippen LogP contribution in [0.3, 0.4) is 0 Å². The molecule has 0 saturated heterocycles. The standard InChI is InChI=1S/C32H35N3O5/c1-21-8-12-24(35(38)39)18-26(21)31(3,4)22(2)9-10-23(20-33)11-15-29-32(5,6)27-19-25(40-7)13-14-28(27)34(29)17-16-30(36)37/h8-15,18-19H,2,16-17H2,1,3-7H3,(H,36,37)/b10-9+,23-11-,29-15+. The largest absolute Gasteiger partial charge is 0.497 e. The fraction of sp³-hybridized carbons (Fsp3) is 0.312. The van der Waals surface area contributed by atoms with E-state index in [0.717, 1.165) is 28.1 Å². The number of carbonyl (C=O) groups is 1. The summed E-state index contributed by atoms with van der Waals surface area (Å²) in [5.41, 5.74) is 4.47. The molecule has 1 heterocycles. The van der Waals surface area contributed by atoms with Crippen molar-refractivity contribution in [2.24, 2.45) is 0 Å². The Morgan fingerprint density at radius 2 is 1.95 bits per heavy atom. The Kier molecular flexibility index (Phi) is 8.69. The van der Waals surface area contributed by atoms with Crippen LogP contribution >= 0.6 is 0 Å². The predicted molar refractivity (Wildman–Crippen MR) is 157 cm³/mol. The van der Waals surface area contributed by atoms with Crippen LogP contribution in [-0.2, 0) is 15.6 Å². The van der Waals surface area contributed by atoms with Crippen molar-refractivity contribution in [1.82, 2.24) is 0 Å². The zero-order chi connectivity index (χ0) is 29.8. The number of fused-ring (bicyclic) bond motifs is 1. The first-order chi connectivity index (χ1) is 18.7. The van der Waals surface area contributed by atoms with Gasteiger partial charge in [-0.2, -0.15) is 5.26 Å². The first kappa shape index (κ1) is 29.9. The summed E-state index contributed by atoms with van der Waals surface area (Å²) in [6.07, 6.45) is 6.96. The van der Waals surface area contributed by atoms with Crippen LogP contribution in [0.5, 0.6) is 5.75 Å². The van der Waals surface area contributed by atoms with E-state index < -0.39 is 21.7 Å². The summed E-state index contributed by atoms with van der Waals surface area (Å²) in [6.45, 7) is 14.4. The molecule has 8 heteroatoms. The lowest BCUT2D eigenvalue weighted by Crippen LogP contribution is -2.28. The van der Waals surface area contributed by atoms with Gasteiger partial charge in [0, 0.05) is 40.9 Å². The minimum absolute atomic E-state index is 0.0138. The molecule has 40 heavy (non-hydrogen) atoms. The smallest absolute Gasteiger partial charge is 0.305 e. The number of non-ortho nitro benzene ring substituents is 1. The van der Waals surface area contributed by atoms with Gasteiger partial charge in [-0.25, -0.2) is 0 Å². The van der Waals surface area contributed by atoms with Crippen LogP contribution in [0, 0.1) is 28.4 Å². The maximum absolute atomic E-state index is 11.4. The molecule has 2 aromatic rings. The Hall–Kier alpha value is -4.64. The highest BCUT2D eigenvalue weighted by Crippen LogP contribution is 2.49. The molecule has 0 atom stereocenters. The summed E-state index contributed by atoms with van der Waals surface area (Å²) in [7, 11) is 1.60. The molecule has 3 rings (SSSR count). The molecule has 8 nitrogen and oxygen atoms in total. The van der Waals surface area contributed by atoms with Crippen LogP contribution in [-0.4, -0.2) is 29.7 Å². The van der Waals surface area contributed by atoms with Crippen molar-refractivity contribution in [1.29, 1.82) is 5.26 Å². The number of hydrogen-bond donors (Lipinski definition) is 1. The zero-order valence-corrected chi connectivity index (χ0v) is 23.8. The number of nitrogens with zero attached hydrogens (tertiary/aromatic N) is 3. The third-order valence-electron chi connectivity index (χ3n) is 7.57. The molecule has 0 amide bonds. The number of methoxy groups -OCH3 is 1. The number of carboxylic acid groups (broad SMARTS) is 1.